The number of hydrogen-bond acceptors (Lipinski definition) is 4. The van der Waals surface area contributed by atoms with Gasteiger partial charge in [-0.3, -0.25) is 4.79 Å². The smallest absolute Gasteiger partial charge is 0.196 e. The summed E-state index contributed by atoms with van der Waals surface area (Å²) >= 11 is 1.75. The molecule has 1 aliphatic heterocycles. The molecule has 1 saturated heterocycles. The zero-order valence-corrected chi connectivity index (χ0v) is 9.96. The van der Waals surface area contributed by atoms with Gasteiger partial charge in [-0.1, -0.05) is 12.1 Å². The molecule has 0 bridgehead atoms. The van der Waals surface area contributed by atoms with Gasteiger partial charge >= 0.3 is 0 Å². The number of Topliss-reactive ketones (excluding diaryl/α,β-unsaturated/α-hetero) is 1. The van der Waals surface area contributed by atoms with Crippen molar-refractivity contribution >= 4 is 17.5 Å². The number of rotatable bonds is 3. The molecular formula is C12H14O3S. The standard InChI is InChI=1S/C12H14O3S/c1-14-10-5-3-2-4-9(10)12(13)11-8-16-7-6-15-11/h2-5,11H,6-8H2,1H3. The van der Waals surface area contributed by atoms with E-state index in [-0.39, 0.29) is 11.9 Å². The fourth-order valence-electron chi connectivity index (χ4n) is 1.66. The number of methoxy groups -OCH3 is 1. The highest BCUT2D eigenvalue weighted by Gasteiger charge is 2.25. The Hall–Kier alpha value is -1.00. The second kappa shape index (κ2) is 5.37. The van der Waals surface area contributed by atoms with Crippen LogP contribution in [0.3, 0.4) is 0 Å². The van der Waals surface area contributed by atoms with Crippen molar-refractivity contribution in [3.8, 4) is 5.75 Å². The molecule has 1 aliphatic rings. The predicted molar refractivity (Wildman–Crippen MR) is 64.4 cm³/mol. The molecule has 0 radical (unpaired) electrons. The van der Waals surface area contributed by atoms with Crippen LogP contribution in [0.4, 0.5) is 0 Å². The molecule has 0 N–H and O–H groups in total. The Morgan fingerprint density at radius 3 is 3.00 bits per heavy atom. The molecule has 4 heteroatoms. The molecule has 2 rings (SSSR count). The van der Waals surface area contributed by atoms with E-state index in [4.69, 9.17) is 9.47 Å². The van der Waals surface area contributed by atoms with Crippen LogP contribution < -0.4 is 4.74 Å². The normalized spacial score (nSPS) is 20.4. The molecule has 0 spiro atoms. The van der Waals surface area contributed by atoms with Crippen LogP contribution in [0.25, 0.3) is 0 Å². The van der Waals surface area contributed by atoms with Crippen LogP contribution >= 0.6 is 11.8 Å². The second-order valence-corrected chi connectivity index (χ2v) is 4.65. The van der Waals surface area contributed by atoms with Gasteiger partial charge in [0, 0.05) is 11.5 Å². The molecule has 1 atom stereocenters. The summed E-state index contributed by atoms with van der Waals surface area (Å²) < 4.78 is 10.6. The lowest BCUT2D eigenvalue weighted by Crippen LogP contribution is -2.31. The van der Waals surface area contributed by atoms with Crippen LogP contribution in [-0.4, -0.2) is 37.1 Å². The first-order valence-electron chi connectivity index (χ1n) is 5.19. The van der Waals surface area contributed by atoms with Crippen molar-refractivity contribution in [2.24, 2.45) is 0 Å². The van der Waals surface area contributed by atoms with Crippen LogP contribution in [-0.2, 0) is 4.74 Å². The van der Waals surface area contributed by atoms with E-state index in [2.05, 4.69) is 0 Å². The third-order valence-corrected chi connectivity index (χ3v) is 3.47. The second-order valence-electron chi connectivity index (χ2n) is 3.50. The van der Waals surface area contributed by atoms with Crippen LogP contribution in [0.5, 0.6) is 5.75 Å². The largest absolute Gasteiger partial charge is 0.496 e. The van der Waals surface area contributed by atoms with Gasteiger partial charge in [0.15, 0.2) is 5.78 Å². The lowest BCUT2D eigenvalue weighted by Gasteiger charge is -2.21. The number of hydrogen-bond donors (Lipinski definition) is 0. The quantitative estimate of drug-likeness (QED) is 0.755. The predicted octanol–water partition coefficient (Wildman–Crippen LogP) is 2.01. The number of para-hydroxylation sites is 1. The number of ketones is 1. The fraction of sp³-hybridized carbons (Fsp3) is 0.417. The SMILES string of the molecule is COc1ccccc1C(=O)C1CSCCO1. The van der Waals surface area contributed by atoms with Crippen molar-refractivity contribution in [1.82, 2.24) is 0 Å². The van der Waals surface area contributed by atoms with Gasteiger partial charge in [-0.2, -0.15) is 11.8 Å². The van der Waals surface area contributed by atoms with Gasteiger partial charge in [0.25, 0.3) is 0 Å². The summed E-state index contributed by atoms with van der Waals surface area (Å²) in [4.78, 5) is 12.2. The van der Waals surface area contributed by atoms with Crippen molar-refractivity contribution in [3.05, 3.63) is 29.8 Å². The molecule has 86 valence electrons. The minimum atomic E-state index is -0.324. The van der Waals surface area contributed by atoms with E-state index < -0.39 is 0 Å². The van der Waals surface area contributed by atoms with Gasteiger partial charge < -0.3 is 9.47 Å². The molecule has 1 aromatic carbocycles. The minimum absolute atomic E-state index is 0.0182. The lowest BCUT2D eigenvalue weighted by atomic mass is 10.1. The first-order valence-corrected chi connectivity index (χ1v) is 6.35. The Labute approximate surface area is 99.1 Å². The van der Waals surface area contributed by atoms with Crippen LogP contribution in [0, 0.1) is 0 Å². The van der Waals surface area contributed by atoms with E-state index in [0.717, 1.165) is 11.5 Å². The average Bonchev–Trinajstić information content (AvgIpc) is 2.39. The Bertz CT molecular complexity index is 372. The van der Waals surface area contributed by atoms with E-state index in [1.54, 1.807) is 31.0 Å². The first-order chi connectivity index (χ1) is 7.83. The van der Waals surface area contributed by atoms with E-state index in [1.165, 1.54) is 0 Å². The minimum Gasteiger partial charge on any atom is -0.496 e. The number of thioether (sulfide) groups is 1. The molecule has 0 saturated carbocycles. The van der Waals surface area contributed by atoms with Gasteiger partial charge in [0.1, 0.15) is 11.9 Å². The van der Waals surface area contributed by atoms with E-state index in [0.29, 0.717) is 17.9 Å². The molecule has 0 amide bonds. The number of carbonyl (C=O) groups excluding carboxylic acids is 1. The maximum absolute atomic E-state index is 12.2. The third-order valence-electron chi connectivity index (χ3n) is 2.48. The highest BCUT2D eigenvalue weighted by atomic mass is 32.2. The van der Waals surface area contributed by atoms with Gasteiger partial charge in [-0.05, 0) is 12.1 Å². The summed E-state index contributed by atoms with van der Waals surface area (Å²) in [5, 5.41) is 0. The summed E-state index contributed by atoms with van der Waals surface area (Å²) in [6.45, 7) is 0.649. The number of carbonyl (C=O) groups is 1. The van der Waals surface area contributed by atoms with Crippen molar-refractivity contribution in [1.29, 1.82) is 0 Å². The van der Waals surface area contributed by atoms with E-state index in [1.807, 2.05) is 12.1 Å². The van der Waals surface area contributed by atoms with Gasteiger partial charge in [0.2, 0.25) is 0 Å². The highest BCUT2D eigenvalue weighted by molar-refractivity contribution is 7.99. The molecular weight excluding hydrogens is 224 g/mol. The van der Waals surface area contributed by atoms with Crippen LogP contribution in [0.2, 0.25) is 0 Å². The summed E-state index contributed by atoms with van der Waals surface area (Å²) in [6.07, 6.45) is -0.324. The highest BCUT2D eigenvalue weighted by Crippen LogP contribution is 2.23. The fourth-order valence-corrected chi connectivity index (χ4v) is 2.50. The molecule has 16 heavy (non-hydrogen) atoms. The van der Waals surface area contributed by atoms with Gasteiger partial charge in [0.05, 0.1) is 19.3 Å². The number of ether oxygens (including phenoxy) is 2. The maximum Gasteiger partial charge on any atom is 0.196 e. The van der Waals surface area contributed by atoms with Crippen molar-refractivity contribution in [2.75, 3.05) is 25.2 Å². The third kappa shape index (κ3) is 2.39. The van der Waals surface area contributed by atoms with Crippen LogP contribution in [0.1, 0.15) is 10.4 Å². The Kier molecular flexibility index (Phi) is 3.85. The van der Waals surface area contributed by atoms with E-state index >= 15 is 0 Å². The summed E-state index contributed by atoms with van der Waals surface area (Å²) in [5.41, 5.74) is 0.609. The zero-order chi connectivity index (χ0) is 11.4. The first kappa shape index (κ1) is 11.5. The topological polar surface area (TPSA) is 35.5 Å². The molecule has 1 aromatic rings. The zero-order valence-electron chi connectivity index (χ0n) is 9.14. The summed E-state index contributed by atoms with van der Waals surface area (Å²) in [5.74, 6) is 2.34. The number of benzene rings is 1. The van der Waals surface area contributed by atoms with Crippen molar-refractivity contribution < 1.29 is 14.3 Å². The molecule has 1 fully saturated rings. The van der Waals surface area contributed by atoms with Gasteiger partial charge in [-0.15, -0.1) is 0 Å². The molecule has 3 nitrogen and oxygen atoms in total. The molecule has 1 heterocycles. The molecule has 0 aromatic heterocycles. The van der Waals surface area contributed by atoms with Crippen molar-refractivity contribution in [2.45, 2.75) is 6.10 Å². The van der Waals surface area contributed by atoms with Gasteiger partial charge in [-0.25, -0.2) is 0 Å². The molecule has 1 unspecified atom stereocenters. The summed E-state index contributed by atoms with van der Waals surface area (Å²) in [6, 6.07) is 7.27. The van der Waals surface area contributed by atoms with E-state index in [9.17, 15) is 4.79 Å². The Morgan fingerprint density at radius 1 is 1.50 bits per heavy atom. The lowest BCUT2D eigenvalue weighted by molar-refractivity contribution is 0.0516. The van der Waals surface area contributed by atoms with Crippen molar-refractivity contribution in [3.63, 3.8) is 0 Å². The summed E-state index contributed by atoms with van der Waals surface area (Å²) in [7, 11) is 1.57. The monoisotopic (exact) mass is 238 g/mol. The Balaban J connectivity index is 2.19. The average molecular weight is 238 g/mol. The molecule has 0 aliphatic carbocycles. The Morgan fingerprint density at radius 2 is 2.31 bits per heavy atom. The maximum atomic E-state index is 12.2. The van der Waals surface area contributed by atoms with Crippen LogP contribution in [0.15, 0.2) is 24.3 Å².